The molecule has 0 aromatic carbocycles. The van der Waals surface area contributed by atoms with Crippen LogP contribution in [-0.4, -0.2) is 96.7 Å². The van der Waals surface area contributed by atoms with Gasteiger partial charge in [-0.05, 0) is 31.6 Å². The molecule has 101 heavy (non-hydrogen) atoms. The highest BCUT2D eigenvalue weighted by Gasteiger charge is 2.30. The van der Waals surface area contributed by atoms with Gasteiger partial charge in [0.15, 0.2) is 12.2 Å². The minimum Gasteiger partial charge on any atom is -0.462 e. The first-order valence-electron chi connectivity index (χ1n) is 42.6. The maximum atomic E-state index is 13.1. The van der Waals surface area contributed by atoms with Gasteiger partial charge in [0.05, 0.1) is 26.4 Å². The maximum absolute atomic E-state index is 13.1. The predicted octanol–water partition coefficient (Wildman–Crippen LogP) is 24.8. The number of ether oxygens (including phenoxy) is 4. The summed E-state index contributed by atoms with van der Waals surface area (Å²) in [5.74, 6) is -1.38. The Labute approximate surface area is 619 Å². The Morgan fingerprint density at radius 3 is 0.673 bits per heavy atom. The molecule has 17 nitrogen and oxygen atoms in total. The van der Waals surface area contributed by atoms with Crippen LogP contribution in [0.3, 0.4) is 0 Å². The molecule has 0 aromatic heterocycles. The summed E-state index contributed by atoms with van der Waals surface area (Å²) in [6, 6.07) is 0. The summed E-state index contributed by atoms with van der Waals surface area (Å²) in [7, 11) is -9.92. The minimum absolute atomic E-state index is 0.108. The molecule has 0 aliphatic rings. The van der Waals surface area contributed by atoms with Crippen molar-refractivity contribution in [2.24, 2.45) is 5.92 Å². The molecule has 0 fully saturated rings. The number of rotatable bonds is 82. The van der Waals surface area contributed by atoms with E-state index in [9.17, 15) is 43.2 Å². The van der Waals surface area contributed by atoms with Gasteiger partial charge in [0.1, 0.15) is 19.3 Å². The molecule has 0 aromatic rings. The van der Waals surface area contributed by atoms with Crippen LogP contribution in [0.15, 0.2) is 0 Å². The molecule has 600 valence electrons. The Bertz CT molecular complexity index is 1930. The lowest BCUT2D eigenvalue weighted by molar-refractivity contribution is -0.161. The number of aliphatic hydroxyl groups is 1. The second-order valence-electron chi connectivity index (χ2n) is 30.0. The highest BCUT2D eigenvalue weighted by atomic mass is 31.2. The first-order valence-corrected chi connectivity index (χ1v) is 45.6. The zero-order chi connectivity index (χ0) is 74.1. The van der Waals surface area contributed by atoms with Gasteiger partial charge in [0, 0.05) is 25.7 Å². The average molecular weight is 1480 g/mol. The monoisotopic (exact) mass is 1480 g/mol. The molecule has 0 bridgehead atoms. The molecule has 19 heteroatoms. The number of carbonyl (C=O) groups is 4. The first-order chi connectivity index (χ1) is 49.0. The lowest BCUT2D eigenvalue weighted by Gasteiger charge is -2.21. The number of aliphatic hydroxyl groups excluding tert-OH is 1. The molecule has 0 amide bonds. The van der Waals surface area contributed by atoms with Gasteiger partial charge >= 0.3 is 39.5 Å². The van der Waals surface area contributed by atoms with Gasteiger partial charge in [-0.25, -0.2) is 9.13 Å². The highest BCUT2D eigenvalue weighted by Crippen LogP contribution is 2.45. The van der Waals surface area contributed by atoms with Gasteiger partial charge in [-0.15, -0.1) is 0 Å². The highest BCUT2D eigenvalue weighted by molar-refractivity contribution is 7.47. The third-order valence-electron chi connectivity index (χ3n) is 19.3. The number of esters is 4. The quantitative estimate of drug-likeness (QED) is 0.0222. The second kappa shape index (κ2) is 74.9. The molecular formula is C82H160O17P2. The van der Waals surface area contributed by atoms with Gasteiger partial charge in [0.25, 0.3) is 0 Å². The number of hydrogen-bond acceptors (Lipinski definition) is 15. The van der Waals surface area contributed by atoms with Crippen molar-refractivity contribution in [3.8, 4) is 0 Å². The summed E-state index contributed by atoms with van der Waals surface area (Å²) in [6.45, 7) is 7.31. The summed E-state index contributed by atoms with van der Waals surface area (Å²) < 4.78 is 68.8. The fourth-order valence-corrected chi connectivity index (χ4v) is 14.3. The zero-order valence-corrected chi connectivity index (χ0v) is 67.8. The Morgan fingerprint density at radius 1 is 0.267 bits per heavy atom. The summed E-state index contributed by atoms with van der Waals surface area (Å²) in [5.41, 5.74) is 0. The number of hydrogen-bond donors (Lipinski definition) is 3. The largest absolute Gasteiger partial charge is 0.472 e. The molecule has 0 heterocycles. The molecule has 3 N–H and O–H groups in total. The van der Waals surface area contributed by atoms with Gasteiger partial charge < -0.3 is 33.8 Å². The van der Waals surface area contributed by atoms with Crippen molar-refractivity contribution in [3.05, 3.63) is 0 Å². The topological polar surface area (TPSA) is 237 Å². The molecule has 0 radical (unpaired) electrons. The molecule has 0 saturated heterocycles. The van der Waals surface area contributed by atoms with Crippen molar-refractivity contribution in [2.45, 2.75) is 457 Å². The van der Waals surface area contributed by atoms with E-state index in [0.29, 0.717) is 25.7 Å². The Balaban J connectivity index is 5.25. The van der Waals surface area contributed by atoms with Crippen LogP contribution in [0, 0.1) is 5.92 Å². The Morgan fingerprint density at radius 2 is 0.455 bits per heavy atom. The molecule has 2 unspecified atom stereocenters. The molecule has 5 atom stereocenters. The van der Waals surface area contributed by atoms with E-state index < -0.39 is 97.5 Å². The number of carbonyl (C=O) groups excluding carboxylic acids is 4. The van der Waals surface area contributed by atoms with Crippen molar-refractivity contribution < 1.29 is 80.2 Å². The van der Waals surface area contributed by atoms with E-state index in [1.807, 2.05) is 0 Å². The van der Waals surface area contributed by atoms with Crippen molar-refractivity contribution >= 4 is 39.5 Å². The molecule has 0 aliphatic carbocycles. The van der Waals surface area contributed by atoms with Gasteiger partial charge in [-0.2, -0.15) is 0 Å². The smallest absolute Gasteiger partial charge is 0.462 e. The summed E-state index contributed by atoms with van der Waals surface area (Å²) >= 11 is 0. The minimum atomic E-state index is -4.96. The van der Waals surface area contributed by atoms with E-state index in [1.165, 1.54) is 263 Å². The fraction of sp³-hybridized carbons (Fsp3) is 0.951. The van der Waals surface area contributed by atoms with Gasteiger partial charge in [0.2, 0.25) is 0 Å². The third-order valence-corrected chi connectivity index (χ3v) is 21.2. The van der Waals surface area contributed by atoms with Crippen LogP contribution in [0.25, 0.3) is 0 Å². The SMILES string of the molecule is CCCCCCCCCCCCCCCCCCCCC(=O)O[C@H](COC(=O)CCCCCCCCCCCCCCCCCCC)COP(=O)(O)OC[C@@H](O)COP(=O)(O)OC[C@@H](COC(=O)CCCCCCCCCCC(C)C)OC(=O)CCCCCCCCCCCCCCCCC. The lowest BCUT2D eigenvalue weighted by atomic mass is 10.0. The van der Waals surface area contributed by atoms with Crippen LogP contribution in [0.4, 0.5) is 0 Å². The molecular weight excluding hydrogens is 1320 g/mol. The van der Waals surface area contributed by atoms with Crippen molar-refractivity contribution in [1.82, 2.24) is 0 Å². The Hall–Kier alpha value is -1.94. The van der Waals surface area contributed by atoms with E-state index in [2.05, 4.69) is 34.6 Å². The van der Waals surface area contributed by atoms with Crippen LogP contribution in [0.5, 0.6) is 0 Å². The normalized spacial score (nSPS) is 13.8. The van der Waals surface area contributed by atoms with E-state index >= 15 is 0 Å². The maximum Gasteiger partial charge on any atom is 0.472 e. The van der Waals surface area contributed by atoms with Crippen molar-refractivity contribution in [2.75, 3.05) is 39.6 Å². The van der Waals surface area contributed by atoms with Crippen molar-refractivity contribution in [3.63, 3.8) is 0 Å². The molecule has 0 saturated carbocycles. The van der Waals surface area contributed by atoms with Crippen LogP contribution in [-0.2, 0) is 65.4 Å². The second-order valence-corrected chi connectivity index (χ2v) is 32.9. The van der Waals surface area contributed by atoms with Crippen LogP contribution in [0.1, 0.15) is 439 Å². The summed E-state index contributed by atoms with van der Waals surface area (Å²) in [4.78, 5) is 73.1. The average Bonchev–Trinajstić information content (AvgIpc) is 1.07. The number of unbranched alkanes of at least 4 members (excludes halogenated alkanes) is 54. The fourth-order valence-electron chi connectivity index (χ4n) is 12.8. The molecule has 0 spiro atoms. The third kappa shape index (κ3) is 76.1. The van der Waals surface area contributed by atoms with E-state index in [0.717, 1.165) is 95.8 Å². The number of phosphoric acid groups is 2. The van der Waals surface area contributed by atoms with E-state index in [4.69, 9.17) is 37.0 Å². The van der Waals surface area contributed by atoms with Gasteiger partial charge in [-0.1, -0.05) is 388 Å². The van der Waals surface area contributed by atoms with Crippen LogP contribution in [0.2, 0.25) is 0 Å². The van der Waals surface area contributed by atoms with Crippen molar-refractivity contribution in [1.29, 1.82) is 0 Å². The number of phosphoric ester groups is 2. The van der Waals surface area contributed by atoms with Crippen LogP contribution >= 0.6 is 15.6 Å². The first kappa shape index (κ1) is 99.1. The van der Waals surface area contributed by atoms with E-state index in [-0.39, 0.29) is 25.7 Å². The molecule has 0 rings (SSSR count). The lowest BCUT2D eigenvalue weighted by Crippen LogP contribution is -2.30. The predicted molar refractivity (Wildman–Crippen MR) is 414 cm³/mol. The van der Waals surface area contributed by atoms with Gasteiger partial charge in [-0.3, -0.25) is 37.3 Å². The summed E-state index contributed by atoms with van der Waals surface area (Å²) in [6.07, 6.45) is 66.6. The van der Waals surface area contributed by atoms with E-state index in [1.54, 1.807) is 0 Å². The molecule has 0 aliphatic heterocycles. The standard InChI is InChI=1S/C82H160O17P2/c1-6-9-12-15-18-21-24-27-30-32-34-37-40-43-46-53-58-63-68-81(86)98-77(71-92-79(84)65-60-55-50-44-41-38-36-33-31-28-25-22-19-16-13-10-7-2)73-96-100(88,89)94-69-76(83)70-95-101(90,91)97-74-78(72-93-80(85)66-61-56-51-48-47-49-54-59-64-75(4)5)99-82(87)67-62-57-52-45-42-39-35-29-26-23-20-17-14-11-8-3/h75-78,83H,6-74H2,1-5H3,(H,88,89)(H,90,91)/t76-,77-,78-/m1/s1. The summed E-state index contributed by atoms with van der Waals surface area (Å²) in [5, 5.41) is 10.7. The zero-order valence-electron chi connectivity index (χ0n) is 66.1. The van der Waals surface area contributed by atoms with Crippen LogP contribution < -0.4 is 0 Å². The Kier molecular flexibility index (Phi) is 73.5.